The average molecular weight is 310 g/mol. The highest BCUT2D eigenvalue weighted by atomic mass is 32.2. The molecule has 0 aliphatic heterocycles. The second-order valence-corrected chi connectivity index (χ2v) is 6.98. The van der Waals surface area contributed by atoms with Crippen LogP contribution in [-0.4, -0.2) is 50.2 Å². The van der Waals surface area contributed by atoms with E-state index in [2.05, 4.69) is 6.58 Å². The second-order valence-electron chi connectivity index (χ2n) is 4.94. The van der Waals surface area contributed by atoms with Crippen molar-refractivity contribution in [2.24, 2.45) is 0 Å². The fourth-order valence-electron chi connectivity index (χ4n) is 1.85. The van der Waals surface area contributed by atoms with Crippen LogP contribution in [0.4, 0.5) is 0 Å². The molecule has 0 radical (unpaired) electrons. The predicted octanol–water partition coefficient (Wildman–Crippen LogP) is 1.73. The molecule has 21 heavy (non-hydrogen) atoms. The summed E-state index contributed by atoms with van der Waals surface area (Å²) in [5.41, 5.74) is 0.860. The van der Waals surface area contributed by atoms with Crippen LogP contribution in [-0.2, 0) is 14.8 Å². The van der Waals surface area contributed by atoms with Crippen molar-refractivity contribution in [3.05, 3.63) is 42.5 Å². The van der Waals surface area contributed by atoms with Crippen LogP contribution in [0.2, 0.25) is 0 Å². The van der Waals surface area contributed by atoms with E-state index in [0.717, 1.165) is 9.88 Å². The van der Waals surface area contributed by atoms with Gasteiger partial charge in [0.2, 0.25) is 15.9 Å². The molecule has 1 aromatic carbocycles. The Hall–Kier alpha value is -1.66. The van der Waals surface area contributed by atoms with E-state index in [-0.39, 0.29) is 17.3 Å². The lowest BCUT2D eigenvalue weighted by Crippen LogP contribution is -2.41. The molecule has 0 saturated heterocycles. The predicted molar refractivity (Wildman–Crippen MR) is 83.3 cm³/mol. The van der Waals surface area contributed by atoms with Crippen LogP contribution in [0, 0.1) is 0 Å². The first-order valence-electron chi connectivity index (χ1n) is 6.72. The van der Waals surface area contributed by atoms with Crippen molar-refractivity contribution in [1.29, 1.82) is 0 Å². The van der Waals surface area contributed by atoms with Crippen molar-refractivity contribution in [2.75, 3.05) is 26.7 Å². The van der Waals surface area contributed by atoms with Gasteiger partial charge in [0.05, 0.1) is 11.4 Å². The molecule has 6 heteroatoms. The molecule has 0 fully saturated rings. The van der Waals surface area contributed by atoms with E-state index in [1.807, 2.05) is 13.8 Å². The van der Waals surface area contributed by atoms with Crippen LogP contribution >= 0.6 is 0 Å². The molecule has 0 aromatic heterocycles. The molecule has 1 rings (SSSR count). The Labute approximate surface area is 126 Å². The molecule has 0 bridgehead atoms. The molecular formula is C15H22N2O3S. The number of carbonyl (C=O) groups excluding carboxylic acids is 1. The van der Waals surface area contributed by atoms with Crippen molar-refractivity contribution >= 4 is 15.9 Å². The molecule has 0 saturated carbocycles. The van der Waals surface area contributed by atoms with Crippen LogP contribution in [0.1, 0.15) is 13.8 Å². The number of likely N-dealkylation sites (N-methyl/N-ethyl adjacent to an activating group) is 2. The molecule has 0 aliphatic carbocycles. The Morgan fingerprint density at radius 2 is 1.76 bits per heavy atom. The second kappa shape index (κ2) is 7.38. The van der Waals surface area contributed by atoms with Gasteiger partial charge in [-0.3, -0.25) is 4.79 Å². The number of hydrogen-bond acceptors (Lipinski definition) is 3. The van der Waals surface area contributed by atoms with E-state index in [1.165, 1.54) is 19.2 Å². The summed E-state index contributed by atoms with van der Waals surface area (Å²) >= 11 is 0. The number of nitrogens with zero attached hydrogens (tertiary/aromatic N) is 2. The zero-order valence-electron chi connectivity index (χ0n) is 12.7. The fraction of sp³-hybridized carbons (Fsp3) is 0.400. The Morgan fingerprint density at radius 1 is 1.19 bits per heavy atom. The van der Waals surface area contributed by atoms with Gasteiger partial charge in [-0.25, -0.2) is 8.42 Å². The minimum Gasteiger partial charge on any atom is -0.338 e. The van der Waals surface area contributed by atoms with E-state index in [0.29, 0.717) is 13.1 Å². The average Bonchev–Trinajstić information content (AvgIpc) is 2.45. The van der Waals surface area contributed by atoms with Gasteiger partial charge in [-0.05, 0) is 26.0 Å². The van der Waals surface area contributed by atoms with Crippen LogP contribution in [0.5, 0.6) is 0 Å². The van der Waals surface area contributed by atoms with Gasteiger partial charge in [-0.2, -0.15) is 4.31 Å². The first kappa shape index (κ1) is 17.4. The Bertz CT molecular complexity index is 597. The van der Waals surface area contributed by atoms with Crippen molar-refractivity contribution < 1.29 is 13.2 Å². The Balaban J connectivity index is 2.83. The van der Waals surface area contributed by atoms with Gasteiger partial charge in [0.1, 0.15) is 0 Å². The summed E-state index contributed by atoms with van der Waals surface area (Å²) in [7, 11) is -2.23. The highest BCUT2D eigenvalue weighted by Gasteiger charge is 2.24. The van der Waals surface area contributed by atoms with Crippen molar-refractivity contribution in [3.8, 4) is 0 Å². The van der Waals surface area contributed by atoms with Gasteiger partial charge in [-0.1, -0.05) is 30.4 Å². The summed E-state index contributed by atoms with van der Waals surface area (Å²) in [5.74, 6) is -0.234. The smallest absolute Gasteiger partial charge is 0.243 e. The SMILES string of the molecule is C=C(C)CN(CC)C(=O)CN(C)S(=O)(=O)c1ccccc1. The first-order valence-corrected chi connectivity index (χ1v) is 8.16. The highest BCUT2D eigenvalue weighted by molar-refractivity contribution is 7.89. The van der Waals surface area contributed by atoms with Crippen LogP contribution in [0.3, 0.4) is 0 Å². The molecule has 0 atom stereocenters. The van der Waals surface area contributed by atoms with Gasteiger partial charge in [0.15, 0.2) is 0 Å². The summed E-state index contributed by atoms with van der Waals surface area (Å²) in [4.78, 5) is 13.9. The minimum absolute atomic E-state index is 0.182. The third-order valence-electron chi connectivity index (χ3n) is 3.00. The molecular weight excluding hydrogens is 288 g/mol. The maximum atomic E-state index is 12.3. The standard InChI is InChI=1S/C15H22N2O3S/c1-5-17(11-13(2)3)15(18)12-16(4)21(19,20)14-9-7-6-8-10-14/h6-10H,2,5,11-12H2,1,3-4H3. The topological polar surface area (TPSA) is 57.7 Å². The van der Waals surface area contributed by atoms with Gasteiger partial charge in [0.25, 0.3) is 0 Å². The Morgan fingerprint density at radius 3 is 2.24 bits per heavy atom. The minimum atomic E-state index is -3.64. The van der Waals surface area contributed by atoms with E-state index in [1.54, 1.807) is 23.1 Å². The third kappa shape index (κ3) is 4.68. The zero-order chi connectivity index (χ0) is 16.0. The summed E-state index contributed by atoms with van der Waals surface area (Å²) in [6.07, 6.45) is 0. The summed E-state index contributed by atoms with van der Waals surface area (Å²) in [6.45, 7) is 8.24. The summed E-state index contributed by atoms with van der Waals surface area (Å²) < 4.78 is 25.8. The number of benzene rings is 1. The zero-order valence-corrected chi connectivity index (χ0v) is 13.6. The molecule has 0 N–H and O–H groups in total. The number of amides is 1. The summed E-state index contributed by atoms with van der Waals surface area (Å²) in [5, 5.41) is 0. The normalized spacial score (nSPS) is 11.4. The van der Waals surface area contributed by atoms with Crippen LogP contribution in [0.25, 0.3) is 0 Å². The molecule has 0 heterocycles. The molecule has 1 amide bonds. The Kier molecular flexibility index (Phi) is 6.11. The number of sulfonamides is 1. The maximum Gasteiger partial charge on any atom is 0.243 e. The van der Waals surface area contributed by atoms with Crippen LogP contribution < -0.4 is 0 Å². The quantitative estimate of drug-likeness (QED) is 0.721. The van der Waals surface area contributed by atoms with E-state index in [4.69, 9.17) is 0 Å². The lowest BCUT2D eigenvalue weighted by atomic mass is 10.3. The highest BCUT2D eigenvalue weighted by Crippen LogP contribution is 2.13. The van der Waals surface area contributed by atoms with Crippen LogP contribution in [0.15, 0.2) is 47.4 Å². The molecule has 116 valence electrons. The third-order valence-corrected chi connectivity index (χ3v) is 4.82. The number of rotatable bonds is 7. The van der Waals surface area contributed by atoms with E-state index in [9.17, 15) is 13.2 Å². The first-order chi connectivity index (χ1) is 9.78. The van der Waals surface area contributed by atoms with Crippen molar-refractivity contribution in [1.82, 2.24) is 9.21 Å². The van der Waals surface area contributed by atoms with Crippen molar-refractivity contribution in [3.63, 3.8) is 0 Å². The van der Waals surface area contributed by atoms with Gasteiger partial charge in [-0.15, -0.1) is 0 Å². The maximum absolute atomic E-state index is 12.3. The monoisotopic (exact) mass is 310 g/mol. The fourth-order valence-corrected chi connectivity index (χ4v) is 2.99. The number of carbonyl (C=O) groups is 1. The molecule has 0 unspecified atom stereocenters. The van der Waals surface area contributed by atoms with E-state index >= 15 is 0 Å². The summed E-state index contributed by atoms with van der Waals surface area (Å²) in [6, 6.07) is 8.09. The lowest BCUT2D eigenvalue weighted by Gasteiger charge is -2.24. The van der Waals surface area contributed by atoms with Gasteiger partial charge in [0, 0.05) is 20.1 Å². The molecule has 1 aromatic rings. The van der Waals surface area contributed by atoms with Gasteiger partial charge >= 0.3 is 0 Å². The van der Waals surface area contributed by atoms with Crippen molar-refractivity contribution in [2.45, 2.75) is 18.7 Å². The largest absolute Gasteiger partial charge is 0.338 e. The molecule has 5 nitrogen and oxygen atoms in total. The molecule has 0 aliphatic rings. The molecule has 0 spiro atoms. The lowest BCUT2D eigenvalue weighted by molar-refractivity contribution is -0.130. The number of hydrogen-bond donors (Lipinski definition) is 0. The van der Waals surface area contributed by atoms with E-state index < -0.39 is 10.0 Å². The van der Waals surface area contributed by atoms with Gasteiger partial charge < -0.3 is 4.90 Å².